The molecule has 0 aliphatic rings. The third-order valence-electron chi connectivity index (χ3n) is 1.97. The van der Waals surface area contributed by atoms with Crippen LogP contribution in [0.3, 0.4) is 0 Å². The van der Waals surface area contributed by atoms with Crippen molar-refractivity contribution < 1.29 is 27.1 Å². The summed E-state index contributed by atoms with van der Waals surface area (Å²) in [6, 6.07) is 1.01. The van der Waals surface area contributed by atoms with E-state index in [1.807, 2.05) is 0 Å². The Hall–Kier alpha value is -1.59. The zero-order chi connectivity index (χ0) is 12.5. The van der Waals surface area contributed by atoms with Crippen LogP contribution >= 0.6 is 0 Å². The summed E-state index contributed by atoms with van der Waals surface area (Å²) in [4.78, 5) is 11.0. The lowest BCUT2D eigenvalue weighted by Crippen LogP contribution is -2.11. The highest BCUT2D eigenvalue weighted by atomic mass is 19.4. The summed E-state index contributed by atoms with van der Waals surface area (Å²) in [5, 5.41) is 0. The summed E-state index contributed by atoms with van der Waals surface area (Å²) in [5.74, 6) is -2.30. The molecule has 0 atom stereocenters. The minimum Gasteiger partial charge on any atom is -0.496 e. The molecular formula is C10H8F4O2. The highest BCUT2D eigenvalue weighted by Crippen LogP contribution is 2.35. The topological polar surface area (TPSA) is 26.3 Å². The Morgan fingerprint density at radius 1 is 1.31 bits per heavy atom. The second-order valence-corrected chi connectivity index (χ2v) is 3.09. The highest BCUT2D eigenvalue weighted by Gasteiger charge is 2.35. The van der Waals surface area contributed by atoms with Crippen LogP contribution in [-0.2, 0) is 6.18 Å². The first kappa shape index (κ1) is 12.5. The zero-order valence-corrected chi connectivity index (χ0v) is 8.48. The molecule has 1 aromatic rings. The number of halogens is 4. The van der Waals surface area contributed by atoms with E-state index in [2.05, 4.69) is 4.74 Å². The third kappa shape index (κ3) is 2.32. The van der Waals surface area contributed by atoms with Crippen molar-refractivity contribution in [3.63, 3.8) is 0 Å². The first-order chi connectivity index (χ1) is 7.27. The van der Waals surface area contributed by atoms with Gasteiger partial charge in [0, 0.05) is 6.07 Å². The number of hydrogen-bond acceptors (Lipinski definition) is 2. The van der Waals surface area contributed by atoms with Gasteiger partial charge in [-0.05, 0) is 13.0 Å². The molecule has 0 bridgehead atoms. The number of methoxy groups -OCH3 is 1. The van der Waals surface area contributed by atoms with E-state index in [1.54, 1.807) is 0 Å². The maximum Gasteiger partial charge on any atom is 0.419 e. The molecule has 0 aliphatic carbocycles. The first-order valence-electron chi connectivity index (χ1n) is 4.23. The lowest BCUT2D eigenvalue weighted by atomic mass is 10.1. The molecule has 0 N–H and O–H groups in total. The number of Topliss-reactive ketones (excluding diaryl/α,β-unsaturated/α-hetero) is 1. The molecule has 88 valence electrons. The number of rotatable bonds is 2. The van der Waals surface area contributed by atoms with Crippen molar-refractivity contribution in [1.29, 1.82) is 0 Å². The van der Waals surface area contributed by atoms with Gasteiger partial charge in [0.15, 0.2) is 5.78 Å². The van der Waals surface area contributed by atoms with Crippen LogP contribution in [0.15, 0.2) is 12.1 Å². The average molecular weight is 236 g/mol. The summed E-state index contributed by atoms with van der Waals surface area (Å²) < 4.78 is 54.7. The highest BCUT2D eigenvalue weighted by molar-refractivity contribution is 5.97. The summed E-state index contributed by atoms with van der Waals surface area (Å²) >= 11 is 0. The molecule has 0 unspecified atom stereocenters. The average Bonchev–Trinajstić information content (AvgIpc) is 2.14. The fourth-order valence-corrected chi connectivity index (χ4v) is 1.22. The van der Waals surface area contributed by atoms with E-state index in [-0.39, 0.29) is 11.3 Å². The van der Waals surface area contributed by atoms with Crippen molar-refractivity contribution in [2.45, 2.75) is 13.1 Å². The minimum absolute atomic E-state index is 0.210. The quantitative estimate of drug-likeness (QED) is 0.582. The van der Waals surface area contributed by atoms with Crippen LogP contribution in [0.2, 0.25) is 0 Å². The monoisotopic (exact) mass is 236 g/mol. The number of hydrogen-bond donors (Lipinski definition) is 0. The molecule has 0 saturated heterocycles. The first-order valence-corrected chi connectivity index (χ1v) is 4.23. The SMILES string of the molecule is COc1cc(F)c(C(F)(F)F)cc1C(C)=O. The number of ketones is 1. The van der Waals surface area contributed by atoms with Gasteiger partial charge in [0.1, 0.15) is 11.6 Å². The number of ether oxygens (including phenoxy) is 1. The van der Waals surface area contributed by atoms with Crippen molar-refractivity contribution in [3.05, 3.63) is 29.1 Å². The Labute approximate surface area is 88.8 Å². The van der Waals surface area contributed by atoms with Crippen LogP contribution in [-0.4, -0.2) is 12.9 Å². The van der Waals surface area contributed by atoms with E-state index in [0.717, 1.165) is 14.0 Å². The molecule has 0 heterocycles. The Bertz CT molecular complexity index is 424. The maximum atomic E-state index is 13.1. The lowest BCUT2D eigenvalue weighted by molar-refractivity contribution is -0.140. The summed E-state index contributed by atoms with van der Waals surface area (Å²) in [5.41, 5.74) is -1.77. The van der Waals surface area contributed by atoms with Crippen molar-refractivity contribution in [1.82, 2.24) is 0 Å². The fourth-order valence-electron chi connectivity index (χ4n) is 1.22. The second-order valence-electron chi connectivity index (χ2n) is 3.09. The third-order valence-corrected chi connectivity index (χ3v) is 1.97. The van der Waals surface area contributed by atoms with Crippen molar-refractivity contribution in [2.75, 3.05) is 7.11 Å². The molecule has 6 heteroatoms. The van der Waals surface area contributed by atoms with Gasteiger partial charge in [0.05, 0.1) is 18.2 Å². The largest absolute Gasteiger partial charge is 0.496 e. The molecule has 0 fully saturated rings. The van der Waals surface area contributed by atoms with E-state index < -0.39 is 23.3 Å². The molecule has 0 aliphatic heterocycles. The predicted molar refractivity (Wildman–Crippen MR) is 48.0 cm³/mol. The van der Waals surface area contributed by atoms with Gasteiger partial charge in [-0.1, -0.05) is 0 Å². The molecule has 2 nitrogen and oxygen atoms in total. The maximum absolute atomic E-state index is 13.1. The second kappa shape index (κ2) is 4.11. The molecule has 0 saturated carbocycles. The lowest BCUT2D eigenvalue weighted by Gasteiger charge is -2.12. The molecular weight excluding hydrogens is 228 g/mol. The van der Waals surface area contributed by atoms with Gasteiger partial charge in [-0.2, -0.15) is 13.2 Å². The van der Waals surface area contributed by atoms with Gasteiger partial charge in [-0.15, -0.1) is 0 Å². The smallest absolute Gasteiger partial charge is 0.419 e. The van der Waals surface area contributed by atoms with Gasteiger partial charge >= 0.3 is 6.18 Å². The molecule has 16 heavy (non-hydrogen) atoms. The van der Waals surface area contributed by atoms with Crippen molar-refractivity contribution in [3.8, 4) is 5.75 Å². The zero-order valence-electron chi connectivity index (χ0n) is 8.48. The molecule has 1 rings (SSSR count). The van der Waals surface area contributed by atoms with Crippen LogP contribution in [0, 0.1) is 5.82 Å². The summed E-state index contributed by atoms with van der Waals surface area (Å²) in [6.45, 7) is 1.08. The van der Waals surface area contributed by atoms with Gasteiger partial charge in [-0.25, -0.2) is 4.39 Å². The fraction of sp³-hybridized carbons (Fsp3) is 0.300. The van der Waals surface area contributed by atoms with Gasteiger partial charge in [-0.3, -0.25) is 4.79 Å². The molecule has 0 radical (unpaired) electrons. The van der Waals surface area contributed by atoms with E-state index in [9.17, 15) is 22.4 Å². The Morgan fingerprint density at radius 3 is 2.25 bits per heavy atom. The number of benzene rings is 1. The Morgan fingerprint density at radius 2 is 1.88 bits per heavy atom. The van der Waals surface area contributed by atoms with Crippen LogP contribution in [0.1, 0.15) is 22.8 Å². The van der Waals surface area contributed by atoms with Crippen molar-refractivity contribution >= 4 is 5.78 Å². The summed E-state index contributed by atoms with van der Waals surface area (Å²) in [6.07, 6.45) is -4.83. The van der Waals surface area contributed by atoms with Crippen molar-refractivity contribution in [2.24, 2.45) is 0 Å². The van der Waals surface area contributed by atoms with Crippen LogP contribution < -0.4 is 4.74 Å². The number of carbonyl (C=O) groups is 1. The molecule has 0 aromatic heterocycles. The van der Waals surface area contributed by atoms with Gasteiger partial charge < -0.3 is 4.74 Å². The van der Waals surface area contributed by atoms with Gasteiger partial charge in [0.25, 0.3) is 0 Å². The normalized spacial score (nSPS) is 11.4. The molecule has 0 amide bonds. The van der Waals surface area contributed by atoms with Gasteiger partial charge in [0.2, 0.25) is 0 Å². The van der Waals surface area contributed by atoms with E-state index >= 15 is 0 Å². The van der Waals surface area contributed by atoms with E-state index in [0.29, 0.717) is 12.1 Å². The minimum atomic E-state index is -4.83. The van der Waals surface area contributed by atoms with E-state index in [4.69, 9.17) is 0 Å². The number of carbonyl (C=O) groups excluding carboxylic acids is 1. The predicted octanol–water partition coefficient (Wildman–Crippen LogP) is 3.06. The number of alkyl halides is 3. The van der Waals surface area contributed by atoms with Crippen LogP contribution in [0.5, 0.6) is 5.75 Å². The summed E-state index contributed by atoms with van der Waals surface area (Å²) in [7, 11) is 1.15. The standard InChI is InChI=1S/C10H8F4O2/c1-5(15)6-3-7(10(12,13)14)8(11)4-9(6)16-2/h3-4H,1-2H3. The van der Waals surface area contributed by atoms with E-state index in [1.165, 1.54) is 0 Å². The molecule has 1 aromatic carbocycles. The Kier molecular flexibility index (Phi) is 3.21. The van der Waals surface area contributed by atoms with Crippen LogP contribution in [0.25, 0.3) is 0 Å². The van der Waals surface area contributed by atoms with Crippen LogP contribution in [0.4, 0.5) is 17.6 Å². The Balaban J connectivity index is 3.45. The molecule has 0 spiro atoms.